The number of aromatic nitrogens is 2. The fraction of sp³-hybridized carbons (Fsp3) is 0.333. The highest BCUT2D eigenvalue weighted by Gasteiger charge is 2.16. The Hall–Kier alpha value is -2.19. The molecule has 7 nitrogen and oxygen atoms in total. The molecule has 8 heteroatoms. The summed E-state index contributed by atoms with van der Waals surface area (Å²) >= 11 is 0. The second-order valence-corrected chi connectivity index (χ2v) is 6.97. The van der Waals surface area contributed by atoms with Crippen molar-refractivity contribution >= 4 is 16.0 Å². The van der Waals surface area contributed by atoms with Gasteiger partial charge in [0, 0.05) is 25.5 Å². The van der Waals surface area contributed by atoms with E-state index in [4.69, 9.17) is 0 Å². The molecule has 0 radical (unpaired) electrons. The van der Waals surface area contributed by atoms with E-state index in [1.165, 1.54) is 31.4 Å². The average Bonchev–Trinajstić information content (AvgIpc) is 3.05. The fourth-order valence-electron chi connectivity index (χ4n) is 2.02. The van der Waals surface area contributed by atoms with Gasteiger partial charge >= 0.3 is 5.97 Å². The molecule has 0 saturated heterocycles. The number of hydrogen-bond donors (Lipinski definition) is 1. The number of sulfonamides is 1. The zero-order valence-electron chi connectivity index (χ0n) is 13.0. The zero-order chi connectivity index (χ0) is 16.9. The van der Waals surface area contributed by atoms with Crippen molar-refractivity contribution in [1.82, 2.24) is 14.5 Å². The normalized spacial score (nSPS) is 12.8. The zero-order valence-corrected chi connectivity index (χ0v) is 13.8. The van der Waals surface area contributed by atoms with Crippen LogP contribution >= 0.6 is 0 Å². The molecular weight excluding hydrogens is 318 g/mol. The molecule has 0 saturated carbocycles. The lowest BCUT2D eigenvalue weighted by molar-refractivity contribution is 0.0600. The molecule has 0 amide bonds. The molecule has 1 N–H and O–H groups in total. The highest BCUT2D eigenvalue weighted by molar-refractivity contribution is 7.89. The lowest BCUT2D eigenvalue weighted by Crippen LogP contribution is -2.30. The van der Waals surface area contributed by atoms with Gasteiger partial charge in [0.1, 0.15) is 0 Å². The summed E-state index contributed by atoms with van der Waals surface area (Å²) in [4.78, 5) is 11.5. The van der Waals surface area contributed by atoms with E-state index in [1.54, 1.807) is 10.9 Å². The van der Waals surface area contributed by atoms with Crippen molar-refractivity contribution in [2.24, 2.45) is 5.92 Å². The molecule has 23 heavy (non-hydrogen) atoms. The first kappa shape index (κ1) is 17.2. The third kappa shape index (κ3) is 4.64. The lowest BCUT2D eigenvalue weighted by Gasteiger charge is -2.13. The summed E-state index contributed by atoms with van der Waals surface area (Å²) in [5.74, 6) is -0.422. The maximum absolute atomic E-state index is 12.2. The van der Waals surface area contributed by atoms with Crippen LogP contribution in [0.3, 0.4) is 0 Å². The fourth-order valence-corrected chi connectivity index (χ4v) is 3.18. The SMILES string of the molecule is COC(=O)c1ccc(S(=O)(=O)NCC(C)Cn2cccn2)cc1. The molecule has 0 aliphatic carbocycles. The lowest BCUT2D eigenvalue weighted by atomic mass is 10.2. The van der Waals surface area contributed by atoms with Gasteiger partial charge in [-0.1, -0.05) is 6.92 Å². The largest absolute Gasteiger partial charge is 0.465 e. The number of nitrogens with one attached hydrogen (secondary N) is 1. The number of carbonyl (C=O) groups excluding carboxylic acids is 1. The number of methoxy groups -OCH3 is 1. The topological polar surface area (TPSA) is 90.3 Å². The minimum atomic E-state index is -3.62. The predicted molar refractivity (Wildman–Crippen MR) is 84.4 cm³/mol. The highest BCUT2D eigenvalue weighted by Crippen LogP contribution is 2.12. The molecule has 1 heterocycles. The molecule has 0 bridgehead atoms. The van der Waals surface area contributed by atoms with E-state index < -0.39 is 16.0 Å². The van der Waals surface area contributed by atoms with E-state index in [1.807, 2.05) is 19.2 Å². The Balaban J connectivity index is 1.97. The van der Waals surface area contributed by atoms with Crippen LogP contribution in [0, 0.1) is 5.92 Å². The highest BCUT2D eigenvalue weighted by atomic mass is 32.2. The van der Waals surface area contributed by atoms with Crippen LogP contribution < -0.4 is 4.72 Å². The number of rotatable bonds is 7. The first-order valence-corrected chi connectivity index (χ1v) is 8.56. The van der Waals surface area contributed by atoms with Gasteiger partial charge in [-0.3, -0.25) is 4.68 Å². The van der Waals surface area contributed by atoms with E-state index >= 15 is 0 Å². The average molecular weight is 337 g/mol. The summed E-state index contributed by atoms with van der Waals surface area (Å²) in [6.07, 6.45) is 3.51. The van der Waals surface area contributed by atoms with Crippen molar-refractivity contribution in [3.63, 3.8) is 0 Å². The Morgan fingerprint density at radius 3 is 2.61 bits per heavy atom. The molecule has 1 aromatic heterocycles. The van der Waals surface area contributed by atoms with E-state index in [-0.39, 0.29) is 10.8 Å². The molecular formula is C15H19N3O4S. The predicted octanol–water partition coefficient (Wildman–Crippen LogP) is 1.28. The van der Waals surface area contributed by atoms with Crippen molar-refractivity contribution in [3.05, 3.63) is 48.3 Å². The van der Waals surface area contributed by atoms with Crippen molar-refractivity contribution in [3.8, 4) is 0 Å². The maximum atomic E-state index is 12.2. The summed E-state index contributed by atoms with van der Waals surface area (Å²) < 4.78 is 33.4. The van der Waals surface area contributed by atoms with Gasteiger partial charge in [-0.05, 0) is 36.2 Å². The maximum Gasteiger partial charge on any atom is 0.337 e. The van der Waals surface area contributed by atoms with Crippen LogP contribution in [-0.2, 0) is 21.3 Å². The Labute approximate surface area is 135 Å². The summed E-state index contributed by atoms with van der Waals surface area (Å²) in [6, 6.07) is 7.43. The minimum Gasteiger partial charge on any atom is -0.465 e. The summed E-state index contributed by atoms with van der Waals surface area (Å²) in [7, 11) is -2.34. The van der Waals surface area contributed by atoms with Crippen molar-refractivity contribution in [2.75, 3.05) is 13.7 Å². The van der Waals surface area contributed by atoms with Crippen LogP contribution in [0.5, 0.6) is 0 Å². The van der Waals surface area contributed by atoms with Gasteiger partial charge in [0.2, 0.25) is 10.0 Å². The van der Waals surface area contributed by atoms with Gasteiger partial charge in [-0.25, -0.2) is 17.9 Å². The number of hydrogen-bond acceptors (Lipinski definition) is 5. The molecule has 0 spiro atoms. The quantitative estimate of drug-likeness (QED) is 0.769. The molecule has 1 aromatic carbocycles. The van der Waals surface area contributed by atoms with Crippen LogP contribution in [0.25, 0.3) is 0 Å². The number of nitrogens with zero attached hydrogens (tertiary/aromatic N) is 2. The van der Waals surface area contributed by atoms with Crippen LogP contribution in [0.1, 0.15) is 17.3 Å². The van der Waals surface area contributed by atoms with Crippen molar-refractivity contribution < 1.29 is 17.9 Å². The Kier molecular flexibility index (Phi) is 5.51. The summed E-state index contributed by atoms with van der Waals surface area (Å²) in [6.45, 7) is 2.85. The van der Waals surface area contributed by atoms with E-state index in [0.29, 0.717) is 18.7 Å². The standard InChI is InChI=1S/C15H19N3O4S/c1-12(11-18-9-3-8-16-18)10-17-23(20,21)14-6-4-13(5-7-14)15(19)22-2/h3-9,12,17H,10-11H2,1-2H3. The van der Waals surface area contributed by atoms with Crippen molar-refractivity contribution in [1.29, 1.82) is 0 Å². The van der Waals surface area contributed by atoms with Gasteiger partial charge in [-0.2, -0.15) is 5.10 Å². The number of ether oxygens (including phenoxy) is 1. The van der Waals surface area contributed by atoms with E-state index in [2.05, 4.69) is 14.6 Å². The third-order valence-corrected chi connectivity index (χ3v) is 4.70. The molecule has 2 rings (SSSR count). The first-order valence-electron chi connectivity index (χ1n) is 7.08. The Morgan fingerprint density at radius 1 is 1.35 bits per heavy atom. The van der Waals surface area contributed by atoms with Gasteiger partial charge in [0.15, 0.2) is 0 Å². The second kappa shape index (κ2) is 7.38. The molecule has 0 aliphatic heterocycles. The van der Waals surface area contributed by atoms with Gasteiger partial charge in [-0.15, -0.1) is 0 Å². The first-order chi connectivity index (χ1) is 10.9. The second-order valence-electron chi connectivity index (χ2n) is 5.20. The van der Waals surface area contributed by atoms with E-state index in [9.17, 15) is 13.2 Å². The molecule has 0 aliphatic rings. The molecule has 124 valence electrons. The molecule has 1 atom stereocenters. The summed E-state index contributed by atoms with van der Waals surface area (Å²) in [5, 5.41) is 4.09. The molecule has 2 aromatic rings. The number of carbonyl (C=O) groups is 1. The van der Waals surface area contributed by atoms with Gasteiger partial charge < -0.3 is 4.74 Å². The molecule has 0 fully saturated rings. The summed E-state index contributed by atoms with van der Waals surface area (Å²) in [5.41, 5.74) is 0.304. The molecule has 1 unspecified atom stereocenters. The van der Waals surface area contributed by atoms with Crippen molar-refractivity contribution in [2.45, 2.75) is 18.4 Å². The monoisotopic (exact) mass is 337 g/mol. The smallest absolute Gasteiger partial charge is 0.337 e. The number of benzene rings is 1. The van der Waals surface area contributed by atoms with Crippen LogP contribution in [0.15, 0.2) is 47.6 Å². The van der Waals surface area contributed by atoms with Gasteiger partial charge in [0.05, 0.1) is 17.6 Å². The minimum absolute atomic E-state index is 0.0824. The van der Waals surface area contributed by atoms with Crippen LogP contribution in [0.4, 0.5) is 0 Å². The Bertz CT molecular complexity index is 740. The third-order valence-electron chi connectivity index (χ3n) is 3.27. The van der Waals surface area contributed by atoms with Crippen LogP contribution in [-0.4, -0.2) is 37.8 Å². The van der Waals surface area contributed by atoms with Gasteiger partial charge in [0.25, 0.3) is 0 Å². The van der Waals surface area contributed by atoms with E-state index in [0.717, 1.165) is 0 Å². The van der Waals surface area contributed by atoms with Crippen LogP contribution in [0.2, 0.25) is 0 Å². The number of esters is 1. The Morgan fingerprint density at radius 2 is 2.04 bits per heavy atom.